The van der Waals surface area contributed by atoms with Crippen LogP contribution in [0.3, 0.4) is 0 Å². The molecule has 0 aromatic carbocycles. The molecule has 0 fully saturated rings. The van der Waals surface area contributed by atoms with Crippen LogP contribution in [0.1, 0.15) is 355 Å². The molecule has 518 valence electrons. The smallest absolute Gasteiger partial charge is 0.306 e. The van der Waals surface area contributed by atoms with Gasteiger partial charge in [0, 0.05) is 12.8 Å². The number of unbranched alkanes of at least 4 members (excludes halogenated alkanes) is 41. The lowest BCUT2D eigenvalue weighted by molar-refractivity contribution is -0.870. The first-order chi connectivity index (χ1) is 43.4. The molecular formula is C79H145N2O7P. The van der Waals surface area contributed by atoms with E-state index in [4.69, 9.17) is 13.8 Å². The molecule has 0 bridgehead atoms. The number of carbonyl (C=O) groups is 2. The molecule has 10 heteroatoms. The molecule has 0 aromatic heterocycles. The zero-order chi connectivity index (χ0) is 64.9. The minimum atomic E-state index is -4.72. The van der Waals surface area contributed by atoms with Crippen LogP contribution in [-0.2, 0) is 27.9 Å². The maximum Gasteiger partial charge on any atom is 0.306 e. The number of carbonyl (C=O) groups excluding carboxylic acids is 2. The topological polar surface area (TPSA) is 114 Å². The van der Waals surface area contributed by atoms with Crippen LogP contribution < -0.4 is 10.2 Å². The Balaban J connectivity index is 5.06. The van der Waals surface area contributed by atoms with Crippen LogP contribution in [0, 0.1) is 0 Å². The third-order valence-electron chi connectivity index (χ3n) is 16.8. The van der Waals surface area contributed by atoms with Gasteiger partial charge in [0.2, 0.25) is 5.91 Å². The molecule has 3 atom stereocenters. The number of hydrogen-bond acceptors (Lipinski definition) is 7. The third-order valence-corrected chi connectivity index (χ3v) is 17.8. The van der Waals surface area contributed by atoms with E-state index in [0.717, 1.165) is 122 Å². The summed E-state index contributed by atoms with van der Waals surface area (Å²) >= 11 is 0. The van der Waals surface area contributed by atoms with Gasteiger partial charge in [0.05, 0.1) is 33.8 Å². The van der Waals surface area contributed by atoms with Crippen molar-refractivity contribution in [1.29, 1.82) is 0 Å². The van der Waals surface area contributed by atoms with E-state index < -0.39 is 26.6 Å². The van der Waals surface area contributed by atoms with Gasteiger partial charge in [0.15, 0.2) is 0 Å². The van der Waals surface area contributed by atoms with E-state index >= 15 is 0 Å². The Morgan fingerprint density at radius 1 is 0.404 bits per heavy atom. The minimum absolute atomic E-state index is 0.0271. The number of allylic oxidation sites excluding steroid dienone is 13. The first kappa shape index (κ1) is 86.2. The number of esters is 1. The highest BCUT2D eigenvalue weighted by Crippen LogP contribution is 2.38. The normalized spacial score (nSPS) is 13.9. The van der Waals surface area contributed by atoms with Gasteiger partial charge in [-0.05, 0) is 83.1 Å². The number of rotatable bonds is 69. The summed E-state index contributed by atoms with van der Waals surface area (Å²) in [6, 6.07) is -0.901. The van der Waals surface area contributed by atoms with Crippen LogP contribution >= 0.6 is 7.82 Å². The van der Waals surface area contributed by atoms with Crippen LogP contribution in [0.4, 0.5) is 0 Å². The van der Waals surface area contributed by atoms with Crippen molar-refractivity contribution in [3.63, 3.8) is 0 Å². The number of phosphoric acid groups is 1. The summed E-state index contributed by atoms with van der Waals surface area (Å²) in [5.74, 6) is -0.545. The number of ether oxygens (including phenoxy) is 1. The van der Waals surface area contributed by atoms with Crippen LogP contribution in [0.5, 0.6) is 0 Å². The molecule has 89 heavy (non-hydrogen) atoms. The van der Waals surface area contributed by atoms with Crippen molar-refractivity contribution in [3.8, 4) is 0 Å². The highest BCUT2D eigenvalue weighted by Gasteiger charge is 2.27. The molecule has 0 heterocycles. The molecule has 0 aliphatic heterocycles. The second-order valence-corrected chi connectivity index (χ2v) is 28.2. The van der Waals surface area contributed by atoms with E-state index in [1.165, 1.54) is 199 Å². The predicted molar refractivity (Wildman–Crippen MR) is 385 cm³/mol. The number of nitrogens with one attached hydrogen (secondary N) is 1. The van der Waals surface area contributed by atoms with Crippen molar-refractivity contribution < 1.29 is 37.3 Å². The maximum atomic E-state index is 13.6. The first-order valence-corrected chi connectivity index (χ1v) is 39.4. The molecule has 3 unspecified atom stereocenters. The fourth-order valence-electron chi connectivity index (χ4n) is 11.1. The highest BCUT2D eigenvalue weighted by atomic mass is 31.2. The standard InChI is InChI=1S/C79H145N2O7P/c1-7-10-13-16-19-22-25-28-30-32-34-36-38-40-42-44-46-48-50-53-56-59-62-65-68-71-78(82)80-76(75-87-89(84,85)86-74-73-81(4,5)6)77(70-67-64-61-58-55-52-27-24-21-18-15-12-9-3)88-79(83)72-69-66-63-60-57-54-51-49-47-45-43-41-39-37-35-33-31-29-26-23-20-17-14-11-8-2/h10,13,19,22,28,30,34,36,40,42,46,48,67,70,76-77H,7-9,11-12,14-18,20-21,23-27,29,31-33,35,37-39,41,43-45,47,49-66,68-69,71-75H2,1-6H3,(H-,80,82,84,85)/b13-10-,22-19-,30-28-,36-34-,42-40-,48-46-,70-67+. The summed E-state index contributed by atoms with van der Waals surface area (Å²) < 4.78 is 30.5. The Morgan fingerprint density at radius 3 is 1.08 bits per heavy atom. The summed E-state index contributed by atoms with van der Waals surface area (Å²) in [6.07, 6.45) is 91.5. The van der Waals surface area contributed by atoms with Crippen LogP contribution in [0.25, 0.3) is 0 Å². The van der Waals surface area contributed by atoms with Crippen molar-refractivity contribution in [2.75, 3.05) is 40.9 Å². The minimum Gasteiger partial charge on any atom is -0.756 e. The van der Waals surface area contributed by atoms with Gasteiger partial charge in [0.1, 0.15) is 19.3 Å². The van der Waals surface area contributed by atoms with Crippen molar-refractivity contribution in [1.82, 2.24) is 5.32 Å². The predicted octanol–water partition coefficient (Wildman–Crippen LogP) is 23.8. The molecule has 0 aliphatic carbocycles. The molecule has 0 spiro atoms. The number of amides is 1. The Kier molecular flexibility index (Phi) is 65.9. The van der Waals surface area contributed by atoms with E-state index in [2.05, 4.69) is 99.0 Å². The average Bonchev–Trinajstić information content (AvgIpc) is 3.67. The largest absolute Gasteiger partial charge is 0.756 e. The van der Waals surface area contributed by atoms with Gasteiger partial charge in [-0.2, -0.15) is 0 Å². The number of phosphoric ester groups is 1. The second-order valence-electron chi connectivity index (χ2n) is 26.8. The lowest BCUT2D eigenvalue weighted by Crippen LogP contribution is -2.47. The summed E-state index contributed by atoms with van der Waals surface area (Å²) in [4.78, 5) is 40.3. The zero-order valence-electron chi connectivity index (χ0n) is 59.4. The fourth-order valence-corrected chi connectivity index (χ4v) is 11.8. The molecule has 0 rings (SSSR count). The van der Waals surface area contributed by atoms with Crippen LogP contribution in [0.15, 0.2) is 85.1 Å². The molecule has 0 aliphatic rings. The maximum absolute atomic E-state index is 13.6. The van der Waals surface area contributed by atoms with Gasteiger partial charge in [-0.15, -0.1) is 0 Å². The number of quaternary nitrogens is 1. The zero-order valence-corrected chi connectivity index (χ0v) is 60.3. The Labute approximate surface area is 552 Å². The van der Waals surface area contributed by atoms with E-state index in [0.29, 0.717) is 17.4 Å². The summed E-state index contributed by atoms with van der Waals surface area (Å²) in [6.45, 7) is 6.77. The van der Waals surface area contributed by atoms with E-state index in [1.54, 1.807) is 0 Å². The highest BCUT2D eigenvalue weighted by molar-refractivity contribution is 7.45. The van der Waals surface area contributed by atoms with Gasteiger partial charge in [0.25, 0.3) is 7.82 Å². The SMILES string of the molecule is CC/C=C\C/C=C\C/C=C\C/C=C\C/C=C\C/C=C\CCCCCCCCC(=O)NC(COP(=O)([O-])OCC[N+](C)(C)C)C(/C=C/CCCCCCCCCCCCC)OC(=O)CCCCCCCCCCCCCCCCCCCCCCCCCCC. The molecule has 0 saturated heterocycles. The monoisotopic (exact) mass is 1270 g/mol. The lowest BCUT2D eigenvalue weighted by atomic mass is 10.0. The third kappa shape index (κ3) is 69.4. The van der Waals surface area contributed by atoms with Gasteiger partial charge in [-0.25, -0.2) is 0 Å². The van der Waals surface area contributed by atoms with Gasteiger partial charge >= 0.3 is 5.97 Å². The number of likely N-dealkylation sites (N-methyl/N-ethyl adjacent to an activating group) is 1. The van der Waals surface area contributed by atoms with Crippen molar-refractivity contribution in [3.05, 3.63) is 85.1 Å². The number of nitrogens with zero attached hydrogens (tertiary/aromatic N) is 1. The molecule has 0 saturated carbocycles. The van der Waals surface area contributed by atoms with Crippen LogP contribution in [-0.4, -0.2) is 69.4 Å². The molecule has 0 aromatic rings. The van der Waals surface area contributed by atoms with Crippen molar-refractivity contribution in [2.24, 2.45) is 0 Å². The van der Waals surface area contributed by atoms with E-state index in [-0.39, 0.29) is 24.9 Å². The van der Waals surface area contributed by atoms with Gasteiger partial charge in [-0.1, -0.05) is 344 Å². The molecule has 0 radical (unpaired) electrons. The fraction of sp³-hybridized carbons (Fsp3) is 0.797. The summed E-state index contributed by atoms with van der Waals surface area (Å²) in [5, 5.41) is 3.04. The van der Waals surface area contributed by atoms with Crippen molar-refractivity contribution >= 4 is 19.7 Å². The average molecular weight is 1270 g/mol. The Morgan fingerprint density at radius 2 is 0.719 bits per heavy atom. The molecule has 1 amide bonds. The molecule has 9 nitrogen and oxygen atoms in total. The van der Waals surface area contributed by atoms with Crippen LogP contribution in [0.2, 0.25) is 0 Å². The molecule has 1 N–H and O–H groups in total. The first-order valence-electron chi connectivity index (χ1n) is 37.9. The van der Waals surface area contributed by atoms with E-state index in [9.17, 15) is 19.0 Å². The van der Waals surface area contributed by atoms with Gasteiger partial charge < -0.3 is 28.5 Å². The Bertz CT molecular complexity index is 1800. The second kappa shape index (κ2) is 68.1. The van der Waals surface area contributed by atoms with E-state index in [1.807, 2.05) is 33.3 Å². The lowest BCUT2D eigenvalue weighted by Gasteiger charge is -2.30. The summed E-state index contributed by atoms with van der Waals surface area (Å²) in [7, 11) is 1.18. The molecular weight excluding hydrogens is 1120 g/mol. The quantitative estimate of drug-likeness (QED) is 0.0212. The van der Waals surface area contributed by atoms with Gasteiger partial charge in [-0.3, -0.25) is 14.2 Å². The summed E-state index contributed by atoms with van der Waals surface area (Å²) in [5.41, 5.74) is 0. The Hall–Kier alpha value is -2.81. The van der Waals surface area contributed by atoms with Crippen molar-refractivity contribution in [2.45, 2.75) is 367 Å². The number of hydrogen-bond donors (Lipinski definition) is 1.